The van der Waals surface area contributed by atoms with Gasteiger partial charge in [-0.2, -0.15) is 0 Å². The van der Waals surface area contributed by atoms with Crippen LogP contribution < -0.4 is 9.47 Å². The van der Waals surface area contributed by atoms with Gasteiger partial charge in [-0.1, -0.05) is 6.07 Å². The molecule has 1 saturated heterocycles. The van der Waals surface area contributed by atoms with E-state index in [-0.39, 0.29) is 6.04 Å². The zero-order valence-corrected chi connectivity index (χ0v) is 15.5. The molecule has 2 aromatic rings. The van der Waals surface area contributed by atoms with Crippen LogP contribution in [0, 0.1) is 6.92 Å². The average molecular weight is 361 g/mol. The summed E-state index contributed by atoms with van der Waals surface area (Å²) < 4.78 is 10.8. The molecular formula is C19H23NO4S. The Hall–Kier alpha value is -2.05. The summed E-state index contributed by atoms with van der Waals surface area (Å²) in [5.41, 5.74) is 2.21. The van der Waals surface area contributed by atoms with Crippen molar-refractivity contribution in [3.8, 4) is 11.5 Å². The maximum absolute atomic E-state index is 11.7. The fourth-order valence-corrected chi connectivity index (χ4v) is 4.62. The molecule has 0 saturated carbocycles. The van der Waals surface area contributed by atoms with Crippen LogP contribution in [0.1, 0.15) is 34.9 Å². The van der Waals surface area contributed by atoms with Gasteiger partial charge >= 0.3 is 5.97 Å². The lowest BCUT2D eigenvalue weighted by atomic mass is 9.99. The lowest BCUT2D eigenvalue weighted by Gasteiger charge is -2.32. The summed E-state index contributed by atoms with van der Waals surface area (Å²) in [5.74, 6) is 0.576. The fraction of sp³-hybridized carbons (Fsp3) is 0.421. The molecule has 1 N–H and O–H groups in total. The third-order valence-corrected chi connectivity index (χ3v) is 5.86. The van der Waals surface area contributed by atoms with Gasteiger partial charge in [0, 0.05) is 11.4 Å². The van der Waals surface area contributed by atoms with Gasteiger partial charge in [0.05, 0.1) is 20.3 Å². The highest BCUT2D eigenvalue weighted by molar-refractivity contribution is 7.10. The maximum Gasteiger partial charge on any atom is 0.320 e. The molecule has 0 amide bonds. The summed E-state index contributed by atoms with van der Waals surface area (Å²) in [7, 11) is 3.22. The van der Waals surface area contributed by atoms with Crippen molar-refractivity contribution in [3.63, 3.8) is 0 Å². The molecule has 1 fully saturated rings. The number of aliphatic carboxylic acids is 1. The van der Waals surface area contributed by atoms with Crippen molar-refractivity contribution >= 4 is 17.3 Å². The quantitative estimate of drug-likeness (QED) is 0.850. The predicted molar refractivity (Wildman–Crippen MR) is 97.8 cm³/mol. The number of hydrogen-bond acceptors (Lipinski definition) is 5. The van der Waals surface area contributed by atoms with Crippen molar-refractivity contribution in [1.82, 2.24) is 4.90 Å². The molecule has 1 aromatic heterocycles. The molecule has 1 aromatic carbocycles. The van der Waals surface area contributed by atoms with E-state index in [2.05, 4.69) is 23.3 Å². The molecule has 0 bridgehead atoms. The van der Waals surface area contributed by atoms with Crippen molar-refractivity contribution < 1.29 is 19.4 Å². The van der Waals surface area contributed by atoms with Crippen molar-refractivity contribution in [2.75, 3.05) is 20.8 Å². The first-order valence-electron chi connectivity index (χ1n) is 8.31. The van der Waals surface area contributed by atoms with Gasteiger partial charge in [0.2, 0.25) is 0 Å². The lowest BCUT2D eigenvalue weighted by molar-refractivity contribution is -0.142. The number of carboxylic acids is 1. The number of methoxy groups -OCH3 is 2. The predicted octanol–water partition coefficient (Wildman–Crippen LogP) is 3.71. The van der Waals surface area contributed by atoms with E-state index in [1.807, 2.05) is 18.2 Å². The van der Waals surface area contributed by atoms with E-state index in [4.69, 9.17) is 9.47 Å². The van der Waals surface area contributed by atoms with Gasteiger partial charge in [0.15, 0.2) is 11.5 Å². The molecule has 0 aliphatic carbocycles. The molecule has 2 unspecified atom stereocenters. The summed E-state index contributed by atoms with van der Waals surface area (Å²) in [6, 6.07) is 7.38. The Morgan fingerprint density at radius 3 is 2.64 bits per heavy atom. The Bertz CT molecular complexity index is 758. The van der Waals surface area contributed by atoms with Crippen LogP contribution >= 0.6 is 11.3 Å². The van der Waals surface area contributed by atoms with Gasteiger partial charge in [0.1, 0.15) is 6.04 Å². The second kappa shape index (κ2) is 7.45. The molecule has 2 heterocycles. The summed E-state index contributed by atoms with van der Waals surface area (Å²) in [5, 5.41) is 11.7. The van der Waals surface area contributed by atoms with E-state index in [0.717, 1.165) is 18.5 Å². The van der Waals surface area contributed by atoms with Crippen molar-refractivity contribution in [2.24, 2.45) is 0 Å². The van der Waals surface area contributed by atoms with Gasteiger partial charge in [0.25, 0.3) is 0 Å². The summed E-state index contributed by atoms with van der Waals surface area (Å²) in [4.78, 5) is 15.0. The van der Waals surface area contributed by atoms with Crippen LogP contribution in [-0.2, 0) is 4.79 Å². The molecule has 5 nitrogen and oxygen atoms in total. The fourth-order valence-electron chi connectivity index (χ4n) is 3.54. The Morgan fingerprint density at radius 2 is 2.04 bits per heavy atom. The average Bonchev–Trinajstić information content (AvgIpc) is 3.25. The highest BCUT2D eigenvalue weighted by Crippen LogP contribution is 2.41. The zero-order chi connectivity index (χ0) is 18.0. The standard InChI is InChI=1S/C19H23NO4S/c1-12-8-10-25-18(12)17(20-9-4-5-14(20)19(21)22)13-6-7-15(23-2)16(11-13)24-3/h6-8,10-11,14,17H,4-5,9H2,1-3H3,(H,21,22). The van der Waals surface area contributed by atoms with Crippen molar-refractivity contribution in [1.29, 1.82) is 0 Å². The second-order valence-corrected chi connectivity index (χ2v) is 7.17. The SMILES string of the molecule is COc1ccc(C(c2sccc2C)N2CCCC2C(=O)O)cc1OC. The molecule has 0 radical (unpaired) electrons. The number of ether oxygens (including phenoxy) is 2. The van der Waals surface area contributed by atoms with Crippen molar-refractivity contribution in [3.05, 3.63) is 45.6 Å². The lowest BCUT2D eigenvalue weighted by Crippen LogP contribution is -2.39. The van der Waals surface area contributed by atoms with Crippen LogP contribution in [0.15, 0.2) is 29.6 Å². The topological polar surface area (TPSA) is 59.0 Å². The van der Waals surface area contributed by atoms with Crippen LogP contribution in [0.2, 0.25) is 0 Å². The summed E-state index contributed by atoms with van der Waals surface area (Å²) in [6.45, 7) is 2.85. The first kappa shape index (κ1) is 17.8. The Balaban J connectivity index is 2.09. The maximum atomic E-state index is 11.7. The van der Waals surface area contributed by atoms with Gasteiger partial charge in [-0.3, -0.25) is 9.69 Å². The zero-order valence-electron chi connectivity index (χ0n) is 14.7. The molecule has 0 spiro atoms. The Labute approximate surface area is 151 Å². The summed E-state index contributed by atoms with van der Waals surface area (Å²) >= 11 is 1.67. The summed E-state index contributed by atoms with van der Waals surface area (Å²) in [6.07, 6.45) is 1.58. The number of aryl methyl sites for hydroxylation is 1. The molecule has 25 heavy (non-hydrogen) atoms. The molecular weight excluding hydrogens is 338 g/mol. The minimum Gasteiger partial charge on any atom is -0.493 e. The van der Waals surface area contributed by atoms with Crippen LogP contribution in [0.5, 0.6) is 11.5 Å². The number of rotatable bonds is 6. The van der Waals surface area contributed by atoms with Gasteiger partial charge in [-0.05, 0) is 54.5 Å². The third-order valence-electron chi connectivity index (χ3n) is 4.78. The normalized spacial score (nSPS) is 18.9. The van der Waals surface area contributed by atoms with Crippen molar-refractivity contribution in [2.45, 2.75) is 31.8 Å². The third kappa shape index (κ3) is 3.37. The van der Waals surface area contributed by atoms with E-state index < -0.39 is 12.0 Å². The first-order chi connectivity index (χ1) is 12.1. The monoisotopic (exact) mass is 361 g/mol. The minimum absolute atomic E-state index is 0.0941. The van der Waals surface area contributed by atoms with E-state index in [0.29, 0.717) is 17.9 Å². The van der Waals surface area contributed by atoms with E-state index >= 15 is 0 Å². The van der Waals surface area contributed by atoms with Crippen LogP contribution in [0.3, 0.4) is 0 Å². The van der Waals surface area contributed by atoms with E-state index in [1.165, 1.54) is 10.4 Å². The Morgan fingerprint density at radius 1 is 1.28 bits per heavy atom. The van der Waals surface area contributed by atoms with Crippen LogP contribution in [-0.4, -0.2) is 42.8 Å². The number of hydrogen-bond donors (Lipinski definition) is 1. The number of likely N-dealkylation sites (tertiary alicyclic amines) is 1. The number of benzene rings is 1. The molecule has 2 atom stereocenters. The first-order valence-corrected chi connectivity index (χ1v) is 9.19. The number of carboxylic acid groups (broad SMARTS) is 1. The largest absolute Gasteiger partial charge is 0.493 e. The van der Waals surface area contributed by atoms with Gasteiger partial charge < -0.3 is 14.6 Å². The van der Waals surface area contributed by atoms with Crippen LogP contribution in [0.25, 0.3) is 0 Å². The Kier molecular flexibility index (Phi) is 5.30. The second-order valence-electron chi connectivity index (χ2n) is 6.22. The van der Waals surface area contributed by atoms with E-state index in [9.17, 15) is 9.90 Å². The minimum atomic E-state index is -0.753. The smallest absolute Gasteiger partial charge is 0.320 e. The van der Waals surface area contributed by atoms with Crippen LogP contribution in [0.4, 0.5) is 0 Å². The molecule has 6 heteroatoms. The van der Waals surface area contributed by atoms with Gasteiger partial charge in [-0.15, -0.1) is 11.3 Å². The molecule has 1 aliphatic rings. The number of carbonyl (C=O) groups is 1. The van der Waals surface area contributed by atoms with E-state index in [1.54, 1.807) is 25.6 Å². The highest BCUT2D eigenvalue weighted by Gasteiger charge is 2.38. The van der Waals surface area contributed by atoms with Gasteiger partial charge in [-0.25, -0.2) is 0 Å². The highest BCUT2D eigenvalue weighted by atomic mass is 32.1. The molecule has 3 rings (SSSR count). The number of nitrogens with zero attached hydrogens (tertiary/aromatic N) is 1. The molecule has 134 valence electrons. The number of thiophene rings is 1. The molecule has 1 aliphatic heterocycles.